The van der Waals surface area contributed by atoms with Crippen molar-refractivity contribution in [3.63, 3.8) is 0 Å². The molecule has 0 atom stereocenters. The number of amides is 1. The Balaban J connectivity index is 1.99. The van der Waals surface area contributed by atoms with Gasteiger partial charge >= 0.3 is 0 Å². The Kier molecular flexibility index (Phi) is 5.12. The summed E-state index contributed by atoms with van der Waals surface area (Å²) in [6, 6.07) is 8.79. The number of aromatic hydroxyl groups is 1. The third kappa shape index (κ3) is 3.56. The maximum absolute atomic E-state index is 13.4. The van der Waals surface area contributed by atoms with Crippen LogP contribution in [-0.2, 0) is 4.79 Å². The summed E-state index contributed by atoms with van der Waals surface area (Å²) in [5.41, 5.74) is 1.03. The number of anilines is 1. The van der Waals surface area contributed by atoms with Crippen LogP contribution in [0.5, 0.6) is 11.5 Å². The lowest BCUT2D eigenvalue weighted by Gasteiger charge is -2.14. The number of ether oxygens (including phenoxy) is 1. The number of nitrogens with zero attached hydrogens (tertiary/aromatic N) is 1. The van der Waals surface area contributed by atoms with Crippen LogP contribution in [0.15, 0.2) is 45.8 Å². The number of thioether (sulfide) groups is 1. The van der Waals surface area contributed by atoms with E-state index in [1.54, 1.807) is 18.2 Å². The van der Waals surface area contributed by atoms with Crippen molar-refractivity contribution in [3.05, 3.63) is 57.2 Å². The highest BCUT2D eigenvalue weighted by atomic mass is 79.9. The highest BCUT2D eigenvalue weighted by Crippen LogP contribution is 2.39. The standard InChI is InChI=1S/C17H11BrFNO3S2/c1-23-14-5-9(12(18)8-13(14)21)6-15-16(22)20(17(24)25-15)11-4-2-3-10(19)7-11/h2-8,21H,1H3/b15-6+. The Morgan fingerprint density at radius 3 is 2.80 bits per heavy atom. The minimum absolute atomic E-state index is 0.0150. The van der Waals surface area contributed by atoms with E-state index in [-0.39, 0.29) is 17.4 Å². The molecule has 3 rings (SSSR count). The largest absolute Gasteiger partial charge is 0.504 e. The van der Waals surface area contributed by atoms with E-state index in [0.717, 1.165) is 11.8 Å². The van der Waals surface area contributed by atoms with Crippen molar-refractivity contribution >= 4 is 61.9 Å². The lowest BCUT2D eigenvalue weighted by Crippen LogP contribution is -2.27. The molecule has 1 saturated heterocycles. The Morgan fingerprint density at radius 2 is 2.12 bits per heavy atom. The zero-order valence-corrected chi connectivity index (χ0v) is 16.0. The maximum Gasteiger partial charge on any atom is 0.270 e. The molecule has 0 bridgehead atoms. The molecular weight excluding hydrogens is 429 g/mol. The fourth-order valence-electron chi connectivity index (χ4n) is 2.28. The third-order valence-corrected chi connectivity index (χ3v) is 5.43. The van der Waals surface area contributed by atoms with E-state index in [9.17, 15) is 14.3 Å². The van der Waals surface area contributed by atoms with Crippen LogP contribution in [0.3, 0.4) is 0 Å². The van der Waals surface area contributed by atoms with Gasteiger partial charge in [-0.25, -0.2) is 4.39 Å². The first kappa shape index (κ1) is 17.9. The van der Waals surface area contributed by atoms with Gasteiger partial charge in [0, 0.05) is 4.47 Å². The molecule has 4 nitrogen and oxygen atoms in total. The van der Waals surface area contributed by atoms with Crippen molar-refractivity contribution in [3.8, 4) is 11.5 Å². The topological polar surface area (TPSA) is 49.8 Å². The van der Waals surface area contributed by atoms with Crippen LogP contribution in [0, 0.1) is 5.82 Å². The molecule has 1 N–H and O–H groups in total. The van der Waals surface area contributed by atoms with Gasteiger partial charge in [0.25, 0.3) is 5.91 Å². The number of carbonyl (C=O) groups is 1. The number of hydrogen-bond acceptors (Lipinski definition) is 5. The van der Waals surface area contributed by atoms with Gasteiger partial charge in [0.15, 0.2) is 15.8 Å². The second-order valence-electron chi connectivity index (χ2n) is 5.04. The number of methoxy groups -OCH3 is 1. The zero-order chi connectivity index (χ0) is 18.1. The molecule has 0 aliphatic carbocycles. The maximum atomic E-state index is 13.4. The van der Waals surface area contributed by atoms with Gasteiger partial charge in [-0.05, 0) is 42.0 Å². The van der Waals surface area contributed by atoms with Crippen LogP contribution in [0.25, 0.3) is 6.08 Å². The van der Waals surface area contributed by atoms with Crippen LogP contribution < -0.4 is 9.64 Å². The molecule has 25 heavy (non-hydrogen) atoms. The van der Waals surface area contributed by atoms with Gasteiger partial charge in [-0.15, -0.1) is 0 Å². The second-order valence-corrected chi connectivity index (χ2v) is 7.57. The number of thiocarbonyl (C=S) groups is 1. The van der Waals surface area contributed by atoms with Crippen molar-refractivity contribution in [2.75, 3.05) is 12.0 Å². The van der Waals surface area contributed by atoms with Crippen LogP contribution in [0.4, 0.5) is 10.1 Å². The third-order valence-electron chi connectivity index (χ3n) is 3.44. The van der Waals surface area contributed by atoms with Gasteiger partial charge in [-0.3, -0.25) is 9.69 Å². The van der Waals surface area contributed by atoms with E-state index in [0.29, 0.717) is 24.9 Å². The zero-order valence-electron chi connectivity index (χ0n) is 12.8. The SMILES string of the molecule is COc1cc(/C=C2/SC(=S)N(c3cccc(F)c3)C2=O)c(Br)cc1O. The number of phenols is 1. The smallest absolute Gasteiger partial charge is 0.270 e. The first-order chi connectivity index (χ1) is 11.9. The highest BCUT2D eigenvalue weighted by Gasteiger charge is 2.33. The van der Waals surface area contributed by atoms with E-state index in [1.807, 2.05) is 0 Å². The summed E-state index contributed by atoms with van der Waals surface area (Å²) in [7, 11) is 1.44. The highest BCUT2D eigenvalue weighted by molar-refractivity contribution is 9.10. The summed E-state index contributed by atoms with van der Waals surface area (Å²) in [6.45, 7) is 0. The molecule has 1 heterocycles. The number of rotatable bonds is 3. The van der Waals surface area contributed by atoms with E-state index in [2.05, 4.69) is 15.9 Å². The molecule has 2 aromatic carbocycles. The van der Waals surface area contributed by atoms with Crippen LogP contribution >= 0.6 is 39.9 Å². The minimum atomic E-state index is -0.443. The quantitative estimate of drug-likeness (QED) is 0.554. The molecule has 1 aliphatic rings. The van der Waals surface area contributed by atoms with Crippen LogP contribution in [0.2, 0.25) is 0 Å². The molecule has 1 aliphatic heterocycles. The average Bonchev–Trinajstić information content (AvgIpc) is 2.84. The van der Waals surface area contributed by atoms with E-state index in [1.165, 1.54) is 36.3 Å². The van der Waals surface area contributed by atoms with Gasteiger partial charge in [0.1, 0.15) is 5.82 Å². The van der Waals surface area contributed by atoms with Crippen LogP contribution in [-0.4, -0.2) is 22.4 Å². The molecular formula is C17H11BrFNO3S2. The Bertz CT molecular complexity index is 917. The van der Waals surface area contributed by atoms with Crippen molar-refractivity contribution in [2.24, 2.45) is 0 Å². The fraction of sp³-hybridized carbons (Fsp3) is 0.0588. The average molecular weight is 440 g/mol. The van der Waals surface area contributed by atoms with E-state index >= 15 is 0 Å². The summed E-state index contributed by atoms with van der Waals surface area (Å²) in [6.07, 6.45) is 1.64. The molecule has 0 saturated carbocycles. The molecule has 1 amide bonds. The fourth-order valence-corrected chi connectivity index (χ4v) is 4.02. The number of halogens is 2. The van der Waals surface area contributed by atoms with Crippen molar-refractivity contribution in [2.45, 2.75) is 0 Å². The number of carbonyl (C=O) groups excluding carboxylic acids is 1. The Hall–Kier alpha value is -1.90. The molecule has 1 fully saturated rings. The molecule has 0 radical (unpaired) electrons. The minimum Gasteiger partial charge on any atom is -0.504 e. The monoisotopic (exact) mass is 439 g/mol. The molecule has 128 valence electrons. The van der Waals surface area contributed by atoms with Gasteiger partial charge in [0.05, 0.1) is 17.7 Å². The number of benzene rings is 2. The lowest BCUT2D eigenvalue weighted by molar-refractivity contribution is -0.113. The molecule has 8 heteroatoms. The summed E-state index contributed by atoms with van der Waals surface area (Å²) in [5, 5.41) is 9.78. The molecule has 2 aromatic rings. The van der Waals surface area contributed by atoms with Crippen molar-refractivity contribution in [1.82, 2.24) is 0 Å². The summed E-state index contributed by atoms with van der Waals surface area (Å²) in [5.74, 6) is -0.505. The van der Waals surface area contributed by atoms with Gasteiger partial charge < -0.3 is 9.84 Å². The summed E-state index contributed by atoms with van der Waals surface area (Å²) in [4.78, 5) is 14.4. The second kappa shape index (κ2) is 7.15. The first-order valence-electron chi connectivity index (χ1n) is 7.00. The number of hydrogen-bond donors (Lipinski definition) is 1. The van der Waals surface area contributed by atoms with E-state index < -0.39 is 5.82 Å². The number of phenolic OH excluding ortho intramolecular Hbond substituents is 1. The van der Waals surface area contributed by atoms with Crippen LogP contribution in [0.1, 0.15) is 5.56 Å². The van der Waals surface area contributed by atoms with Gasteiger partial charge in [-0.1, -0.05) is 46.0 Å². The van der Waals surface area contributed by atoms with Gasteiger partial charge in [0.2, 0.25) is 0 Å². The predicted octanol–water partition coefficient (Wildman–Crippen LogP) is 4.71. The summed E-state index contributed by atoms with van der Waals surface area (Å²) < 4.78 is 19.5. The van der Waals surface area contributed by atoms with Gasteiger partial charge in [-0.2, -0.15) is 0 Å². The first-order valence-corrected chi connectivity index (χ1v) is 9.02. The van der Waals surface area contributed by atoms with Crippen molar-refractivity contribution in [1.29, 1.82) is 0 Å². The predicted molar refractivity (Wildman–Crippen MR) is 104 cm³/mol. The Labute approximate surface area is 161 Å². The normalized spacial score (nSPS) is 16.0. The van der Waals surface area contributed by atoms with Crippen molar-refractivity contribution < 1.29 is 19.0 Å². The molecule has 0 spiro atoms. The Morgan fingerprint density at radius 1 is 1.36 bits per heavy atom. The molecule has 0 unspecified atom stereocenters. The summed E-state index contributed by atoms with van der Waals surface area (Å²) >= 11 is 9.74. The van der Waals surface area contributed by atoms with E-state index in [4.69, 9.17) is 17.0 Å². The lowest BCUT2D eigenvalue weighted by atomic mass is 10.2. The molecule has 0 aromatic heterocycles.